The molecule has 0 aliphatic carbocycles. The number of rotatable bonds is 4. The van der Waals surface area contributed by atoms with E-state index in [-0.39, 0.29) is 5.76 Å². The maximum atomic E-state index is 12.9. The number of benzene rings is 2. The predicted molar refractivity (Wildman–Crippen MR) is 109 cm³/mol. The van der Waals surface area contributed by atoms with Gasteiger partial charge in [0.15, 0.2) is 5.76 Å². The fourth-order valence-electron chi connectivity index (χ4n) is 2.45. The maximum Gasteiger partial charge on any atom is 0.316 e. The third kappa shape index (κ3) is 3.77. The van der Waals surface area contributed by atoms with Crippen molar-refractivity contribution in [2.75, 3.05) is 5.01 Å². The van der Waals surface area contributed by atoms with Crippen LogP contribution in [0.25, 0.3) is 10.2 Å². The van der Waals surface area contributed by atoms with Gasteiger partial charge in [-0.3, -0.25) is 4.79 Å². The van der Waals surface area contributed by atoms with Crippen LogP contribution in [-0.2, 0) is 0 Å². The van der Waals surface area contributed by atoms with Crippen LogP contribution in [0.4, 0.5) is 5.13 Å². The molecular weight excluding hydrogens is 382 g/mol. The van der Waals surface area contributed by atoms with Crippen molar-refractivity contribution in [1.29, 1.82) is 0 Å². The lowest BCUT2D eigenvalue weighted by Crippen LogP contribution is -2.25. The molecule has 0 aliphatic heterocycles. The number of carbonyl (C=O) groups is 1. The molecule has 0 spiro atoms. The van der Waals surface area contributed by atoms with Crippen LogP contribution in [0.5, 0.6) is 0 Å². The molecule has 0 saturated heterocycles. The number of fused-ring (bicyclic) bond motifs is 1. The van der Waals surface area contributed by atoms with Crippen molar-refractivity contribution >= 4 is 50.4 Å². The van der Waals surface area contributed by atoms with Crippen molar-refractivity contribution in [2.45, 2.75) is 6.92 Å². The minimum absolute atomic E-state index is 0.188. The van der Waals surface area contributed by atoms with Crippen LogP contribution in [0.2, 0.25) is 5.02 Å². The highest BCUT2D eigenvalue weighted by atomic mass is 35.5. The van der Waals surface area contributed by atoms with Crippen molar-refractivity contribution in [2.24, 2.45) is 5.10 Å². The van der Waals surface area contributed by atoms with E-state index < -0.39 is 5.91 Å². The number of aryl methyl sites for hydroxylation is 1. The first kappa shape index (κ1) is 17.5. The lowest BCUT2D eigenvalue weighted by molar-refractivity contribution is 0.0961. The Bertz CT molecular complexity index is 1120. The van der Waals surface area contributed by atoms with Crippen LogP contribution >= 0.6 is 22.9 Å². The minimum atomic E-state index is -0.395. The summed E-state index contributed by atoms with van der Waals surface area (Å²) in [6.45, 7) is 2.01. The van der Waals surface area contributed by atoms with E-state index in [1.165, 1.54) is 22.6 Å². The van der Waals surface area contributed by atoms with Gasteiger partial charge in [-0.1, -0.05) is 52.8 Å². The minimum Gasteiger partial charge on any atom is -0.459 e. The summed E-state index contributed by atoms with van der Waals surface area (Å²) in [6, 6.07) is 16.5. The highest BCUT2D eigenvalue weighted by Crippen LogP contribution is 2.31. The lowest BCUT2D eigenvalue weighted by Gasteiger charge is -2.11. The van der Waals surface area contributed by atoms with Crippen LogP contribution < -0.4 is 5.01 Å². The molecule has 2 aromatic heterocycles. The second kappa shape index (κ2) is 7.34. The standard InChI is InChI=1S/C20H14ClN3O2S/c1-13-4-6-14(7-5-13)12-22-24(19(25)17-3-2-10-26-17)20-23-16-9-8-15(21)11-18(16)27-20/h2-12H,1H3/b22-12-. The molecule has 0 aliphatic rings. The molecule has 0 unspecified atom stereocenters. The number of thiazole rings is 1. The molecule has 7 heteroatoms. The Morgan fingerprint density at radius 2 is 2.04 bits per heavy atom. The fourth-order valence-corrected chi connectivity index (χ4v) is 3.65. The van der Waals surface area contributed by atoms with Crippen molar-refractivity contribution in [1.82, 2.24) is 4.98 Å². The largest absolute Gasteiger partial charge is 0.459 e. The second-order valence-corrected chi connectivity index (χ2v) is 7.30. The summed E-state index contributed by atoms with van der Waals surface area (Å²) in [4.78, 5) is 17.4. The molecule has 5 nitrogen and oxygen atoms in total. The monoisotopic (exact) mass is 395 g/mol. The van der Waals surface area contributed by atoms with Gasteiger partial charge in [-0.25, -0.2) is 4.98 Å². The SMILES string of the molecule is Cc1ccc(/C=N\N(C(=O)c2ccco2)c2nc3ccc(Cl)cc3s2)cc1. The summed E-state index contributed by atoms with van der Waals surface area (Å²) in [7, 11) is 0. The average molecular weight is 396 g/mol. The Kier molecular flexibility index (Phi) is 4.75. The van der Waals surface area contributed by atoms with Gasteiger partial charge in [0.2, 0.25) is 5.13 Å². The molecule has 2 heterocycles. The van der Waals surface area contributed by atoms with E-state index in [4.69, 9.17) is 16.0 Å². The molecule has 0 N–H and O–H groups in total. The molecule has 0 atom stereocenters. The molecular formula is C20H14ClN3O2S. The summed E-state index contributed by atoms with van der Waals surface area (Å²) in [5, 5.41) is 6.69. The molecule has 2 aromatic carbocycles. The predicted octanol–water partition coefficient (Wildman–Crippen LogP) is 5.53. The van der Waals surface area contributed by atoms with E-state index in [0.29, 0.717) is 10.2 Å². The van der Waals surface area contributed by atoms with Gasteiger partial charge in [-0.2, -0.15) is 10.1 Å². The number of hydrazone groups is 1. The zero-order chi connectivity index (χ0) is 18.8. The molecule has 27 heavy (non-hydrogen) atoms. The average Bonchev–Trinajstić information content (AvgIpc) is 3.32. The zero-order valence-corrected chi connectivity index (χ0v) is 15.9. The molecule has 0 fully saturated rings. The van der Waals surface area contributed by atoms with Crippen molar-refractivity contribution in [3.05, 3.63) is 82.8 Å². The Balaban J connectivity index is 1.74. The van der Waals surface area contributed by atoms with Crippen LogP contribution in [0.3, 0.4) is 0 Å². The van der Waals surface area contributed by atoms with Gasteiger partial charge in [-0.15, -0.1) is 0 Å². The van der Waals surface area contributed by atoms with Crippen LogP contribution in [0.1, 0.15) is 21.7 Å². The number of halogens is 1. The molecule has 4 rings (SSSR count). The van der Waals surface area contributed by atoms with E-state index in [1.807, 2.05) is 43.3 Å². The highest BCUT2D eigenvalue weighted by molar-refractivity contribution is 7.22. The Morgan fingerprint density at radius 3 is 2.78 bits per heavy atom. The summed E-state index contributed by atoms with van der Waals surface area (Å²) in [6.07, 6.45) is 3.08. The Labute approximate surface area is 164 Å². The smallest absolute Gasteiger partial charge is 0.316 e. The van der Waals surface area contributed by atoms with Gasteiger partial charge in [0.1, 0.15) is 0 Å². The molecule has 134 valence electrons. The molecule has 4 aromatic rings. The number of nitrogens with zero attached hydrogens (tertiary/aromatic N) is 3. The van der Waals surface area contributed by atoms with E-state index in [9.17, 15) is 4.79 Å². The maximum absolute atomic E-state index is 12.9. The summed E-state index contributed by atoms with van der Waals surface area (Å²) < 4.78 is 6.12. The van der Waals surface area contributed by atoms with Gasteiger partial charge < -0.3 is 4.42 Å². The van der Waals surface area contributed by atoms with Crippen LogP contribution in [-0.4, -0.2) is 17.1 Å². The summed E-state index contributed by atoms with van der Waals surface area (Å²) in [5.74, 6) is -0.207. The van der Waals surface area contributed by atoms with Gasteiger partial charge in [-0.05, 0) is 42.8 Å². The van der Waals surface area contributed by atoms with Crippen molar-refractivity contribution in [3.63, 3.8) is 0 Å². The molecule has 0 radical (unpaired) electrons. The number of amides is 1. The van der Waals surface area contributed by atoms with Crippen LogP contribution in [0.15, 0.2) is 70.4 Å². The Hall–Kier alpha value is -2.96. The van der Waals surface area contributed by atoms with Gasteiger partial charge in [0.05, 0.1) is 22.7 Å². The zero-order valence-electron chi connectivity index (χ0n) is 14.3. The molecule has 1 amide bonds. The van der Waals surface area contributed by atoms with Gasteiger partial charge >= 0.3 is 5.91 Å². The Morgan fingerprint density at radius 1 is 1.22 bits per heavy atom. The first-order valence-electron chi connectivity index (χ1n) is 8.15. The molecule has 0 saturated carbocycles. The third-order valence-electron chi connectivity index (χ3n) is 3.84. The first-order valence-corrected chi connectivity index (χ1v) is 9.34. The van der Waals surface area contributed by atoms with Crippen molar-refractivity contribution < 1.29 is 9.21 Å². The normalized spacial score (nSPS) is 11.3. The van der Waals surface area contributed by atoms with E-state index in [0.717, 1.165) is 21.3 Å². The third-order valence-corrected chi connectivity index (χ3v) is 5.07. The van der Waals surface area contributed by atoms with Crippen molar-refractivity contribution in [3.8, 4) is 0 Å². The number of hydrogen-bond acceptors (Lipinski definition) is 5. The summed E-state index contributed by atoms with van der Waals surface area (Å²) in [5.41, 5.74) is 2.78. The van der Waals surface area contributed by atoms with E-state index in [1.54, 1.807) is 24.4 Å². The summed E-state index contributed by atoms with van der Waals surface area (Å²) >= 11 is 7.40. The second-order valence-electron chi connectivity index (χ2n) is 5.86. The fraction of sp³-hybridized carbons (Fsp3) is 0.0500. The number of carbonyl (C=O) groups excluding carboxylic acids is 1. The quantitative estimate of drug-likeness (QED) is 0.337. The number of anilines is 1. The lowest BCUT2D eigenvalue weighted by atomic mass is 10.2. The number of aromatic nitrogens is 1. The number of furan rings is 1. The van der Waals surface area contributed by atoms with Gasteiger partial charge in [0.25, 0.3) is 0 Å². The highest BCUT2D eigenvalue weighted by Gasteiger charge is 2.23. The molecule has 0 bridgehead atoms. The van der Waals surface area contributed by atoms with E-state index >= 15 is 0 Å². The van der Waals surface area contributed by atoms with Gasteiger partial charge in [0, 0.05) is 5.02 Å². The first-order chi connectivity index (χ1) is 13.1. The topological polar surface area (TPSA) is 58.7 Å². The van der Waals surface area contributed by atoms with Crippen LogP contribution in [0, 0.1) is 6.92 Å². The number of hydrogen-bond donors (Lipinski definition) is 0. The van der Waals surface area contributed by atoms with E-state index in [2.05, 4.69) is 10.1 Å².